The number of rotatable bonds is 56. The van der Waals surface area contributed by atoms with Crippen LogP contribution in [0, 0.1) is 0 Å². The highest BCUT2D eigenvalue weighted by Gasteiger charge is 2.17. The predicted octanol–water partition coefficient (Wildman–Crippen LogP) is 21.0. The van der Waals surface area contributed by atoms with Crippen molar-refractivity contribution in [2.45, 2.75) is 309 Å². The molecule has 0 aliphatic carbocycles. The molecule has 0 saturated heterocycles. The van der Waals surface area contributed by atoms with Gasteiger partial charge >= 0.3 is 11.9 Å². The van der Waals surface area contributed by atoms with Gasteiger partial charge in [0.15, 0.2) is 6.10 Å². The van der Waals surface area contributed by atoms with Gasteiger partial charge in [0, 0.05) is 19.4 Å². The SMILES string of the molecule is CC/C=C\C/C=C\C/C=C\CCCCCCCCOCC(COC(=O)CCCCCCCCCCC/C=C\C/C=C\CCCCC)OC(=O)CCCCCCCCCCC/C=C\CCCCCCCC. The largest absolute Gasteiger partial charge is 0.462 e. The molecule has 0 spiro atoms. The van der Waals surface area contributed by atoms with E-state index in [0.717, 1.165) is 70.6 Å². The summed E-state index contributed by atoms with van der Waals surface area (Å²) in [6, 6.07) is 0. The maximum atomic E-state index is 12.9. The normalized spacial score (nSPS) is 12.7. The molecule has 0 N–H and O–H groups in total. The van der Waals surface area contributed by atoms with Gasteiger partial charge in [-0.3, -0.25) is 9.59 Å². The molecule has 0 aliphatic heterocycles. The highest BCUT2D eigenvalue weighted by atomic mass is 16.6. The van der Waals surface area contributed by atoms with Gasteiger partial charge in [-0.15, -0.1) is 0 Å². The molecule has 0 heterocycles. The lowest BCUT2D eigenvalue weighted by atomic mass is 10.1. The molecule has 0 rings (SSSR count). The monoisotopic (exact) mass is 977 g/mol. The van der Waals surface area contributed by atoms with Crippen LogP contribution in [0.15, 0.2) is 72.9 Å². The van der Waals surface area contributed by atoms with Crippen molar-refractivity contribution < 1.29 is 23.8 Å². The van der Waals surface area contributed by atoms with Crippen molar-refractivity contribution in [1.29, 1.82) is 0 Å². The second kappa shape index (κ2) is 60.6. The Hall–Kier alpha value is -2.66. The topological polar surface area (TPSA) is 61.8 Å². The lowest BCUT2D eigenvalue weighted by molar-refractivity contribution is -0.163. The fourth-order valence-electron chi connectivity index (χ4n) is 8.67. The zero-order chi connectivity index (χ0) is 50.6. The molecule has 1 unspecified atom stereocenters. The molecule has 0 fully saturated rings. The molecular formula is C65H116O5. The van der Waals surface area contributed by atoms with Gasteiger partial charge in [0.05, 0.1) is 6.61 Å². The van der Waals surface area contributed by atoms with E-state index in [1.54, 1.807) is 0 Å². The lowest BCUT2D eigenvalue weighted by Crippen LogP contribution is -2.30. The van der Waals surface area contributed by atoms with E-state index >= 15 is 0 Å². The van der Waals surface area contributed by atoms with Gasteiger partial charge < -0.3 is 14.2 Å². The van der Waals surface area contributed by atoms with Crippen LogP contribution in [-0.4, -0.2) is 37.9 Å². The Morgan fingerprint density at radius 1 is 0.329 bits per heavy atom. The molecule has 70 heavy (non-hydrogen) atoms. The maximum absolute atomic E-state index is 12.9. The summed E-state index contributed by atoms with van der Waals surface area (Å²) in [6.45, 7) is 7.70. The Kier molecular flexibility index (Phi) is 58.3. The third-order valence-corrected chi connectivity index (χ3v) is 13.2. The first-order valence-electron chi connectivity index (χ1n) is 30.5. The molecule has 0 aliphatic rings. The fraction of sp³-hybridized carbons (Fsp3) is 0.785. The van der Waals surface area contributed by atoms with Crippen molar-refractivity contribution >= 4 is 11.9 Å². The van der Waals surface area contributed by atoms with E-state index in [0.29, 0.717) is 19.4 Å². The second-order valence-electron chi connectivity index (χ2n) is 20.2. The minimum absolute atomic E-state index is 0.0764. The Morgan fingerprint density at radius 2 is 0.643 bits per heavy atom. The van der Waals surface area contributed by atoms with Crippen LogP contribution >= 0.6 is 0 Å². The summed E-state index contributed by atoms with van der Waals surface area (Å²) in [5, 5.41) is 0. The molecule has 5 nitrogen and oxygen atoms in total. The van der Waals surface area contributed by atoms with E-state index in [1.807, 2.05) is 0 Å². The van der Waals surface area contributed by atoms with Crippen LogP contribution in [0.25, 0.3) is 0 Å². The van der Waals surface area contributed by atoms with E-state index in [4.69, 9.17) is 14.2 Å². The highest BCUT2D eigenvalue weighted by Crippen LogP contribution is 2.16. The van der Waals surface area contributed by atoms with Crippen molar-refractivity contribution in [2.75, 3.05) is 19.8 Å². The smallest absolute Gasteiger partial charge is 0.306 e. The van der Waals surface area contributed by atoms with Crippen LogP contribution in [0.4, 0.5) is 0 Å². The first-order valence-corrected chi connectivity index (χ1v) is 30.5. The molecule has 0 amide bonds. The number of unbranched alkanes of at least 4 members (excludes halogenated alkanes) is 33. The molecule has 5 heteroatoms. The molecule has 0 radical (unpaired) electrons. The van der Waals surface area contributed by atoms with Crippen molar-refractivity contribution in [3.63, 3.8) is 0 Å². The van der Waals surface area contributed by atoms with E-state index in [1.165, 1.54) is 199 Å². The number of hydrogen-bond acceptors (Lipinski definition) is 5. The van der Waals surface area contributed by atoms with Crippen molar-refractivity contribution in [2.24, 2.45) is 0 Å². The number of esters is 2. The number of carbonyl (C=O) groups is 2. The van der Waals surface area contributed by atoms with Gasteiger partial charge in [-0.2, -0.15) is 0 Å². The molecule has 0 aromatic heterocycles. The summed E-state index contributed by atoms with van der Waals surface area (Å²) < 4.78 is 17.5. The molecule has 0 aromatic carbocycles. The molecule has 406 valence electrons. The Balaban J connectivity index is 4.28. The minimum Gasteiger partial charge on any atom is -0.462 e. The summed E-state index contributed by atoms with van der Waals surface area (Å²) in [4.78, 5) is 25.6. The Bertz CT molecular complexity index is 1240. The van der Waals surface area contributed by atoms with Gasteiger partial charge in [0.2, 0.25) is 0 Å². The van der Waals surface area contributed by atoms with Crippen LogP contribution < -0.4 is 0 Å². The number of allylic oxidation sites excluding steroid dienone is 12. The summed E-state index contributed by atoms with van der Waals surface area (Å²) in [6.07, 6.45) is 79.3. The average molecular weight is 978 g/mol. The van der Waals surface area contributed by atoms with Crippen LogP contribution in [0.1, 0.15) is 303 Å². The summed E-state index contributed by atoms with van der Waals surface area (Å²) >= 11 is 0. The van der Waals surface area contributed by atoms with E-state index in [-0.39, 0.29) is 25.2 Å². The molecule has 0 bridgehead atoms. The van der Waals surface area contributed by atoms with Crippen LogP contribution in [0.2, 0.25) is 0 Å². The second-order valence-corrected chi connectivity index (χ2v) is 20.2. The van der Waals surface area contributed by atoms with Gasteiger partial charge in [0.25, 0.3) is 0 Å². The summed E-state index contributed by atoms with van der Waals surface area (Å²) in [7, 11) is 0. The zero-order valence-electron chi connectivity index (χ0n) is 46.8. The van der Waals surface area contributed by atoms with Crippen LogP contribution in [-0.2, 0) is 23.8 Å². The van der Waals surface area contributed by atoms with E-state index < -0.39 is 6.10 Å². The third-order valence-electron chi connectivity index (χ3n) is 13.2. The number of ether oxygens (including phenoxy) is 3. The summed E-state index contributed by atoms with van der Waals surface area (Å²) in [5.74, 6) is -0.401. The van der Waals surface area contributed by atoms with Crippen LogP contribution in [0.5, 0.6) is 0 Å². The minimum atomic E-state index is -0.549. The van der Waals surface area contributed by atoms with Gasteiger partial charge in [-0.25, -0.2) is 0 Å². The summed E-state index contributed by atoms with van der Waals surface area (Å²) in [5.41, 5.74) is 0. The molecular weight excluding hydrogens is 861 g/mol. The standard InChI is InChI=1S/C65H116O5/c1-4-7-10-13-16-19-22-25-28-31-33-35-37-40-43-46-49-52-55-58-64(66)69-62-63(61-68-60-57-54-51-48-45-42-39-30-27-24-21-18-15-12-9-6-3)70-65(67)59-56-53-50-47-44-41-38-36-34-32-29-26-23-20-17-14-11-8-5-2/h9,12,16,18-19,21,25-30,63H,4-8,10-11,13-15,17,20,22-24,31-62H2,1-3H3/b12-9-,19-16-,21-18-,28-25-,29-26-,30-27-. The first-order chi connectivity index (χ1) is 34.6. The maximum Gasteiger partial charge on any atom is 0.306 e. The van der Waals surface area contributed by atoms with Crippen molar-refractivity contribution in [3.05, 3.63) is 72.9 Å². The van der Waals surface area contributed by atoms with E-state index in [2.05, 4.69) is 93.7 Å². The van der Waals surface area contributed by atoms with Gasteiger partial charge in [-0.05, 0) is 109 Å². The number of carbonyl (C=O) groups excluding carboxylic acids is 2. The molecule has 0 saturated carbocycles. The molecule has 0 aromatic rings. The predicted molar refractivity (Wildman–Crippen MR) is 307 cm³/mol. The Labute approximate surface area is 436 Å². The quantitative estimate of drug-likeness (QED) is 0.0345. The van der Waals surface area contributed by atoms with E-state index in [9.17, 15) is 9.59 Å². The van der Waals surface area contributed by atoms with Crippen molar-refractivity contribution in [3.8, 4) is 0 Å². The van der Waals surface area contributed by atoms with Gasteiger partial charge in [-0.1, -0.05) is 254 Å². The fourth-order valence-corrected chi connectivity index (χ4v) is 8.67. The first kappa shape index (κ1) is 67.3. The third kappa shape index (κ3) is 57.9. The Morgan fingerprint density at radius 3 is 1.07 bits per heavy atom. The zero-order valence-corrected chi connectivity index (χ0v) is 46.8. The van der Waals surface area contributed by atoms with Crippen molar-refractivity contribution in [1.82, 2.24) is 0 Å². The lowest BCUT2D eigenvalue weighted by Gasteiger charge is -2.18. The van der Waals surface area contributed by atoms with Gasteiger partial charge in [0.1, 0.15) is 6.61 Å². The average Bonchev–Trinajstić information content (AvgIpc) is 3.36. The molecule has 1 atom stereocenters. The van der Waals surface area contributed by atoms with Crippen LogP contribution in [0.3, 0.4) is 0 Å². The highest BCUT2D eigenvalue weighted by molar-refractivity contribution is 5.70. The number of hydrogen-bond donors (Lipinski definition) is 0.